The van der Waals surface area contributed by atoms with Crippen molar-refractivity contribution in [1.82, 2.24) is 0 Å². The molecule has 1 aromatic carbocycles. The Morgan fingerprint density at radius 3 is 1.94 bits per heavy atom. The van der Waals surface area contributed by atoms with Crippen molar-refractivity contribution < 1.29 is 0 Å². The van der Waals surface area contributed by atoms with Crippen LogP contribution in [0.25, 0.3) is 0 Å². The summed E-state index contributed by atoms with van der Waals surface area (Å²) in [6.07, 6.45) is 0. The fraction of sp³-hybridized carbons (Fsp3) is 0.429. The summed E-state index contributed by atoms with van der Waals surface area (Å²) in [6, 6.07) is 12.2. The highest BCUT2D eigenvalue weighted by Gasteiger charge is 2.29. The first-order chi connectivity index (χ1) is 7.23. The van der Waals surface area contributed by atoms with Gasteiger partial charge in [-0.2, -0.15) is 0 Å². The van der Waals surface area contributed by atoms with E-state index in [-0.39, 0.29) is 0 Å². The minimum Gasteiger partial charge on any atom is -0.104 e. The quantitative estimate of drug-likeness (QED) is 0.706. The largest absolute Gasteiger partial charge is 0.106 e. The fourth-order valence-electron chi connectivity index (χ4n) is 1.92. The Kier molecular flexibility index (Phi) is 3.97. The summed E-state index contributed by atoms with van der Waals surface area (Å²) >= 11 is 0. The second-order valence-corrected chi connectivity index (χ2v) is 16.3. The molecule has 0 heterocycles. The van der Waals surface area contributed by atoms with Crippen LogP contribution in [-0.2, 0) is 0 Å². The predicted octanol–water partition coefficient (Wildman–Crippen LogP) is 4.04. The zero-order chi connectivity index (χ0) is 12.4. The Bertz CT molecular complexity index is 358. The third-order valence-electron chi connectivity index (χ3n) is 3.12. The first kappa shape index (κ1) is 13.5. The zero-order valence-corrected chi connectivity index (χ0v) is 13.3. The van der Waals surface area contributed by atoms with Crippen LogP contribution in [0.2, 0.25) is 38.8 Å². The molecule has 0 amide bonds. The van der Waals surface area contributed by atoms with Crippen molar-refractivity contribution in [2.75, 3.05) is 0 Å². The van der Waals surface area contributed by atoms with Gasteiger partial charge in [0.2, 0.25) is 0 Å². The Morgan fingerprint density at radius 1 is 1.00 bits per heavy atom. The zero-order valence-electron chi connectivity index (χ0n) is 11.3. The highest BCUT2D eigenvalue weighted by atomic mass is 28.3. The maximum atomic E-state index is 4.38. The molecule has 2 heteroatoms. The Hall–Kier alpha value is -0.606. The number of hydrogen-bond acceptors (Lipinski definition) is 0. The van der Waals surface area contributed by atoms with E-state index in [4.69, 9.17) is 0 Å². The molecule has 0 spiro atoms. The van der Waals surface area contributed by atoms with Gasteiger partial charge in [0.25, 0.3) is 0 Å². The standard InChI is InChI=1S/C14H24Si2/c1-13(12-15(2,3)4)16(5,6)14-10-8-7-9-11-14/h7-11H,1,12H2,2-6H3. The fourth-order valence-corrected chi connectivity index (χ4v) is 7.99. The lowest BCUT2D eigenvalue weighted by Gasteiger charge is -2.29. The van der Waals surface area contributed by atoms with Crippen molar-refractivity contribution in [3.05, 3.63) is 42.1 Å². The van der Waals surface area contributed by atoms with E-state index < -0.39 is 16.1 Å². The summed E-state index contributed by atoms with van der Waals surface area (Å²) in [4.78, 5) is 0. The molecular weight excluding hydrogens is 224 g/mol. The SMILES string of the molecule is C=C(C[Si](C)(C)C)[Si](C)(C)c1ccccc1. The maximum Gasteiger partial charge on any atom is 0.106 e. The van der Waals surface area contributed by atoms with Gasteiger partial charge < -0.3 is 0 Å². The van der Waals surface area contributed by atoms with E-state index in [1.165, 1.54) is 16.4 Å². The molecule has 0 aliphatic rings. The van der Waals surface area contributed by atoms with Gasteiger partial charge in [0.05, 0.1) is 0 Å². The average Bonchev–Trinajstić information content (AvgIpc) is 2.16. The number of rotatable bonds is 4. The molecule has 0 aromatic heterocycles. The van der Waals surface area contributed by atoms with Gasteiger partial charge in [0.1, 0.15) is 8.07 Å². The van der Waals surface area contributed by atoms with Gasteiger partial charge in [-0.15, -0.1) is 6.58 Å². The van der Waals surface area contributed by atoms with Gasteiger partial charge >= 0.3 is 0 Å². The van der Waals surface area contributed by atoms with Crippen LogP contribution in [0.4, 0.5) is 0 Å². The second kappa shape index (κ2) is 4.72. The molecule has 0 aliphatic heterocycles. The predicted molar refractivity (Wildman–Crippen MR) is 80.9 cm³/mol. The van der Waals surface area contributed by atoms with Crippen molar-refractivity contribution in [3.8, 4) is 0 Å². The molecule has 0 saturated carbocycles. The minimum atomic E-state index is -1.45. The van der Waals surface area contributed by atoms with E-state index in [9.17, 15) is 0 Å². The molecule has 1 rings (SSSR count). The summed E-state index contributed by atoms with van der Waals surface area (Å²) in [7, 11) is -2.48. The van der Waals surface area contributed by atoms with Crippen molar-refractivity contribution in [2.45, 2.75) is 38.8 Å². The van der Waals surface area contributed by atoms with Crippen LogP contribution in [0.5, 0.6) is 0 Å². The summed E-state index contributed by atoms with van der Waals surface area (Å²) in [5.41, 5.74) is 0. The molecule has 0 aliphatic carbocycles. The van der Waals surface area contributed by atoms with E-state index >= 15 is 0 Å². The Morgan fingerprint density at radius 2 is 1.50 bits per heavy atom. The number of benzene rings is 1. The van der Waals surface area contributed by atoms with Gasteiger partial charge in [-0.1, -0.05) is 73.4 Å². The molecule has 0 fully saturated rings. The normalized spacial score (nSPS) is 12.6. The lowest BCUT2D eigenvalue weighted by Crippen LogP contribution is -2.45. The van der Waals surface area contributed by atoms with Gasteiger partial charge in [0.15, 0.2) is 0 Å². The van der Waals surface area contributed by atoms with Crippen molar-refractivity contribution in [2.24, 2.45) is 0 Å². The van der Waals surface area contributed by atoms with Crippen LogP contribution in [0.3, 0.4) is 0 Å². The van der Waals surface area contributed by atoms with Gasteiger partial charge in [-0.05, 0) is 6.04 Å². The minimum absolute atomic E-state index is 1.03. The van der Waals surface area contributed by atoms with E-state index in [0.717, 1.165) is 0 Å². The van der Waals surface area contributed by atoms with Crippen LogP contribution in [-0.4, -0.2) is 16.1 Å². The van der Waals surface area contributed by atoms with Gasteiger partial charge in [0, 0.05) is 8.07 Å². The van der Waals surface area contributed by atoms with E-state index in [0.29, 0.717) is 0 Å². The molecule has 1 aromatic rings. The van der Waals surface area contributed by atoms with Gasteiger partial charge in [-0.25, -0.2) is 0 Å². The second-order valence-electron chi connectivity index (χ2n) is 6.33. The maximum absolute atomic E-state index is 4.38. The lowest BCUT2D eigenvalue weighted by molar-refractivity contribution is 1.44. The summed E-state index contributed by atoms with van der Waals surface area (Å²) in [6.45, 7) is 16.5. The highest BCUT2D eigenvalue weighted by molar-refractivity contribution is 6.97. The molecule has 0 saturated heterocycles. The molecule has 0 nitrogen and oxygen atoms in total. The molecular formula is C14H24Si2. The highest BCUT2D eigenvalue weighted by Crippen LogP contribution is 2.23. The van der Waals surface area contributed by atoms with E-state index in [1.807, 2.05) is 0 Å². The third-order valence-corrected chi connectivity index (χ3v) is 8.69. The summed E-state index contributed by atoms with van der Waals surface area (Å²) in [5, 5.41) is 3.02. The van der Waals surface area contributed by atoms with Crippen molar-refractivity contribution in [1.29, 1.82) is 0 Å². The molecule has 0 radical (unpaired) electrons. The van der Waals surface area contributed by atoms with Crippen LogP contribution in [0.15, 0.2) is 42.1 Å². The number of allylic oxidation sites excluding steroid dienone is 1. The first-order valence-electron chi connectivity index (χ1n) is 5.97. The average molecular weight is 249 g/mol. The van der Waals surface area contributed by atoms with Crippen LogP contribution < -0.4 is 5.19 Å². The van der Waals surface area contributed by atoms with Crippen molar-refractivity contribution in [3.63, 3.8) is 0 Å². The topological polar surface area (TPSA) is 0 Å². The van der Waals surface area contributed by atoms with Crippen LogP contribution in [0, 0.1) is 0 Å². The summed E-state index contributed by atoms with van der Waals surface area (Å²) < 4.78 is 0. The van der Waals surface area contributed by atoms with Crippen LogP contribution in [0.1, 0.15) is 0 Å². The Labute approximate surface area is 102 Å². The van der Waals surface area contributed by atoms with E-state index in [1.54, 1.807) is 0 Å². The summed E-state index contributed by atoms with van der Waals surface area (Å²) in [5.74, 6) is 0. The molecule has 0 N–H and O–H groups in total. The van der Waals surface area contributed by atoms with Crippen LogP contribution >= 0.6 is 0 Å². The molecule has 88 valence electrons. The monoisotopic (exact) mass is 248 g/mol. The Balaban J connectivity index is 2.90. The molecule has 16 heavy (non-hydrogen) atoms. The van der Waals surface area contributed by atoms with E-state index in [2.05, 4.69) is 69.6 Å². The first-order valence-corrected chi connectivity index (χ1v) is 12.7. The molecule has 0 bridgehead atoms. The lowest BCUT2D eigenvalue weighted by atomic mass is 10.4. The molecule has 0 atom stereocenters. The van der Waals surface area contributed by atoms with Gasteiger partial charge in [-0.3, -0.25) is 0 Å². The van der Waals surface area contributed by atoms with Crippen molar-refractivity contribution >= 4 is 21.3 Å². The number of hydrogen-bond donors (Lipinski definition) is 0. The molecule has 0 unspecified atom stereocenters. The third kappa shape index (κ3) is 3.46. The smallest absolute Gasteiger partial charge is 0.104 e.